The first-order valence-electron chi connectivity index (χ1n) is 6.08. The van der Waals surface area contributed by atoms with Crippen LogP contribution >= 0.6 is 0 Å². The van der Waals surface area contributed by atoms with Gasteiger partial charge in [-0.2, -0.15) is 4.99 Å². The van der Waals surface area contributed by atoms with Gasteiger partial charge in [-0.3, -0.25) is 0 Å². The Balaban J connectivity index is 2.05. The van der Waals surface area contributed by atoms with E-state index in [9.17, 15) is 0 Å². The molecular formula is C15H17N3O. The van der Waals surface area contributed by atoms with Crippen molar-refractivity contribution in [1.29, 1.82) is 0 Å². The molecule has 98 valence electrons. The van der Waals surface area contributed by atoms with Crippen molar-refractivity contribution in [3.05, 3.63) is 64.7 Å². The molecule has 0 aliphatic carbocycles. The highest BCUT2D eigenvalue weighted by molar-refractivity contribution is 5.92. The molecule has 0 fully saturated rings. The highest BCUT2D eigenvalue weighted by Crippen LogP contribution is 2.11. The zero-order valence-corrected chi connectivity index (χ0v) is 10.9. The van der Waals surface area contributed by atoms with Gasteiger partial charge in [0.25, 0.3) is 5.88 Å². The number of ether oxygens (including phenoxy) is 1. The van der Waals surface area contributed by atoms with Crippen molar-refractivity contribution < 1.29 is 4.74 Å². The van der Waals surface area contributed by atoms with Crippen LogP contribution in [-0.4, -0.2) is 5.84 Å². The zero-order chi connectivity index (χ0) is 13.7. The average Bonchev–Trinajstić information content (AvgIpc) is 2.58. The minimum absolute atomic E-state index is 0.405. The van der Waals surface area contributed by atoms with Crippen molar-refractivity contribution in [2.45, 2.75) is 20.1 Å². The summed E-state index contributed by atoms with van der Waals surface area (Å²) in [5.74, 6) is 0.820. The van der Waals surface area contributed by atoms with E-state index in [1.165, 1.54) is 0 Å². The minimum Gasteiger partial charge on any atom is -0.467 e. The Labute approximate surface area is 112 Å². The van der Waals surface area contributed by atoms with Gasteiger partial charge in [0.15, 0.2) is 0 Å². The lowest BCUT2D eigenvalue weighted by atomic mass is 10.1. The van der Waals surface area contributed by atoms with Crippen LogP contribution in [0.25, 0.3) is 0 Å². The van der Waals surface area contributed by atoms with E-state index in [4.69, 9.17) is 16.2 Å². The first-order valence-corrected chi connectivity index (χ1v) is 6.08. The Morgan fingerprint density at radius 1 is 1.16 bits per heavy atom. The largest absolute Gasteiger partial charge is 0.467 e. The van der Waals surface area contributed by atoms with Gasteiger partial charge in [0.05, 0.1) is 0 Å². The van der Waals surface area contributed by atoms with Crippen molar-refractivity contribution >= 4 is 5.84 Å². The molecule has 0 spiro atoms. The first-order chi connectivity index (χ1) is 9.17. The highest BCUT2D eigenvalue weighted by atomic mass is 16.5. The van der Waals surface area contributed by atoms with Crippen LogP contribution in [0.3, 0.4) is 0 Å². The maximum Gasteiger partial charge on any atom is 0.262 e. The summed E-state index contributed by atoms with van der Waals surface area (Å²) in [7, 11) is 0. The van der Waals surface area contributed by atoms with Crippen LogP contribution < -0.4 is 11.5 Å². The van der Waals surface area contributed by atoms with Crippen LogP contribution in [0.2, 0.25) is 0 Å². The van der Waals surface area contributed by atoms with Crippen LogP contribution in [0.4, 0.5) is 0 Å². The van der Waals surface area contributed by atoms with E-state index in [-0.39, 0.29) is 0 Å². The number of allylic oxidation sites excluding steroid dienone is 2. The summed E-state index contributed by atoms with van der Waals surface area (Å²) in [5.41, 5.74) is 17.4. The molecule has 0 saturated heterocycles. The topological polar surface area (TPSA) is 73.6 Å². The molecule has 1 aliphatic rings. The summed E-state index contributed by atoms with van der Waals surface area (Å²) in [6.45, 7) is 2.89. The minimum atomic E-state index is 0.405. The third-order valence-corrected chi connectivity index (χ3v) is 2.67. The van der Waals surface area contributed by atoms with E-state index < -0.39 is 0 Å². The fraction of sp³-hybridized carbons (Fsp3) is 0.200. The van der Waals surface area contributed by atoms with Crippen LogP contribution in [0.1, 0.15) is 18.1 Å². The molecule has 4 N–H and O–H groups in total. The van der Waals surface area contributed by atoms with E-state index in [1.807, 2.05) is 37.3 Å². The molecule has 1 aromatic carbocycles. The van der Waals surface area contributed by atoms with Gasteiger partial charge >= 0.3 is 0 Å². The fourth-order valence-corrected chi connectivity index (χ4v) is 1.59. The molecular weight excluding hydrogens is 238 g/mol. The molecule has 0 saturated carbocycles. The molecule has 1 aromatic rings. The van der Waals surface area contributed by atoms with Crippen LogP contribution in [0.5, 0.6) is 0 Å². The normalized spacial score (nSPS) is 14.3. The molecule has 0 amide bonds. The summed E-state index contributed by atoms with van der Waals surface area (Å²) < 4.78 is 5.61. The number of nitrogens with two attached hydrogens (primary N) is 2. The van der Waals surface area contributed by atoms with E-state index >= 15 is 0 Å². The molecule has 0 unspecified atom stereocenters. The highest BCUT2D eigenvalue weighted by Gasteiger charge is 2.01. The number of nitrogens with zero attached hydrogens (tertiary/aromatic N) is 1. The Morgan fingerprint density at radius 2 is 1.84 bits per heavy atom. The van der Waals surface area contributed by atoms with Crippen molar-refractivity contribution in [2.75, 3.05) is 0 Å². The van der Waals surface area contributed by atoms with Gasteiger partial charge in [-0.05, 0) is 35.8 Å². The molecule has 1 heterocycles. The molecule has 4 heteroatoms. The molecule has 0 aromatic heterocycles. The molecule has 19 heavy (non-hydrogen) atoms. The van der Waals surface area contributed by atoms with Crippen molar-refractivity contribution in [3.63, 3.8) is 0 Å². The zero-order valence-electron chi connectivity index (χ0n) is 10.9. The predicted octanol–water partition coefficient (Wildman–Crippen LogP) is 1.98. The number of benzene rings is 1. The Morgan fingerprint density at radius 3 is 2.53 bits per heavy atom. The third-order valence-electron chi connectivity index (χ3n) is 2.67. The second-order valence-corrected chi connectivity index (χ2v) is 4.29. The maximum absolute atomic E-state index is 5.69. The molecule has 1 aliphatic heterocycles. The molecule has 0 bridgehead atoms. The lowest BCUT2D eigenvalue weighted by Gasteiger charge is -2.05. The summed E-state index contributed by atoms with van der Waals surface area (Å²) in [4.78, 5) is 4.13. The summed E-state index contributed by atoms with van der Waals surface area (Å²) in [6.07, 6.45) is 3.58. The van der Waals surface area contributed by atoms with Gasteiger partial charge < -0.3 is 16.2 Å². The van der Waals surface area contributed by atoms with Crippen LogP contribution in [0, 0.1) is 0 Å². The molecule has 0 atom stereocenters. The average molecular weight is 255 g/mol. The molecule has 0 radical (unpaired) electrons. The van der Waals surface area contributed by atoms with Crippen LogP contribution in [0.15, 0.2) is 58.6 Å². The SMILES string of the molecule is CC1=C=C(OCc2ccc(CN)cc2)N=C(N)C=C1. The molecule has 2 rings (SSSR count). The van der Waals surface area contributed by atoms with Gasteiger partial charge in [0.2, 0.25) is 0 Å². The Bertz CT molecular complexity index is 576. The van der Waals surface area contributed by atoms with Gasteiger partial charge in [0.1, 0.15) is 12.4 Å². The lowest BCUT2D eigenvalue weighted by molar-refractivity contribution is 0.197. The Kier molecular flexibility index (Phi) is 4.18. The van der Waals surface area contributed by atoms with Gasteiger partial charge in [-0.15, -0.1) is 0 Å². The van der Waals surface area contributed by atoms with Gasteiger partial charge in [-0.1, -0.05) is 30.0 Å². The Hall–Kier alpha value is -2.29. The number of aliphatic imine (C=N–C) groups is 1. The quantitative estimate of drug-likeness (QED) is 0.808. The summed E-state index contributed by atoms with van der Waals surface area (Å²) in [5, 5.41) is 0. The maximum atomic E-state index is 5.69. The lowest BCUT2D eigenvalue weighted by Crippen LogP contribution is -2.08. The smallest absolute Gasteiger partial charge is 0.262 e. The second-order valence-electron chi connectivity index (χ2n) is 4.29. The van der Waals surface area contributed by atoms with Gasteiger partial charge in [-0.25, -0.2) is 0 Å². The molecule has 4 nitrogen and oxygen atoms in total. The van der Waals surface area contributed by atoms with Crippen molar-refractivity contribution in [2.24, 2.45) is 16.5 Å². The first kappa shape index (κ1) is 13.1. The van der Waals surface area contributed by atoms with Crippen LogP contribution in [-0.2, 0) is 17.9 Å². The number of amidine groups is 1. The van der Waals surface area contributed by atoms with E-state index in [0.717, 1.165) is 16.7 Å². The summed E-state index contributed by atoms with van der Waals surface area (Å²) in [6, 6.07) is 7.95. The van der Waals surface area contributed by atoms with Crippen molar-refractivity contribution in [3.8, 4) is 0 Å². The van der Waals surface area contributed by atoms with E-state index in [1.54, 1.807) is 6.08 Å². The number of rotatable bonds is 4. The van der Waals surface area contributed by atoms with Gasteiger partial charge in [0, 0.05) is 6.54 Å². The predicted molar refractivity (Wildman–Crippen MR) is 76.1 cm³/mol. The van der Waals surface area contributed by atoms with E-state index in [2.05, 4.69) is 10.7 Å². The van der Waals surface area contributed by atoms with E-state index in [0.29, 0.717) is 24.9 Å². The fourth-order valence-electron chi connectivity index (χ4n) is 1.59. The van der Waals surface area contributed by atoms with Crippen molar-refractivity contribution in [1.82, 2.24) is 0 Å². The number of hydrogen-bond donors (Lipinski definition) is 2. The monoisotopic (exact) mass is 255 g/mol. The standard InChI is InChI=1S/C15H17N3O/c1-11-2-7-14(17)18-15(8-11)19-10-13-5-3-12(9-16)4-6-13/h2-7H,9-10,16H2,1H3,(H2,17,18). The summed E-state index contributed by atoms with van der Waals surface area (Å²) >= 11 is 0. The number of hydrogen-bond acceptors (Lipinski definition) is 4. The second kappa shape index (κ2) is 6.05. The third kappa shape index (κ3) is 3.85.